The Balaban J connectivity index is 1.37. The van der Waals surface area contributed by atoms with Crippen molar-refractivity contribution < 1.29 is 14.4 Å². The van der Waals surface area contributed by atoms with Gasteiger partial charge in [-0.3, -0.25) is 14.4 Å². The second-order valence-corrected chi connectivity index (χ2v) is 6.67. The third kappa shape index (κ3) is 4.06. The molecule has 128 valence electrons. The number of likely N-dealkylation sites (tertiary alicyclic amines) is 1. The van der Waals surface area contributed by atoms with Gasteiger partial charge < -0.3 is 15.5 Å². The fraction of sp³-hybridized carbons (Fsp3) is 0.471. The van der Waals surface area contributed by atoms with E-state index in [0.29, 0.717) is 42.7 Å². The van der Waals surface area contributed by atoms with Crippen molar-refractivity contribution >= 4 is 29.3 Å². The van der Waals surface area contributed by atoms with Crippen molar-refractivity contribution in [3.63, 3.8) is 0 Å². The van der Waals surface area contributed by atoms with Crippen molar-refractivity contribution in [1.82, 2.24) is 15.5 Å². The number of benzene rings is 1. The molecule has 1 atom stereocenters. The molecule has 6 nitrogen and oxygen atoms in total. The van der Waals surface area contributed by atoms with Gasteiger partial charge in [-0.25, -0.2) is 0 Å². The van der Waals surface area contributed by atoms with Gasteiger partial charge in [-0.15, -0.1) is 0 Å². The highest BCUT2D eigenvalue weighted by Crippen LogP contribution is 2.32. The summed E-state index contributed by atoms with van der Waals surface area (Å²) in [6.07, 6.45) is 2.40. The van der Waals surface area contributed by atoms with Crippen molar-refractivity contribution in [2.75, 3.05) is 19.6 Å². The number of nitrogens with one attached hydrogen (secondary N) is 2. The van der Waals surface area contributed by atoms with Crippen LogP contribution in [0.1, 0.15) is 29.6 Å². The molecule has 24 heavy (non-hydrogen) atoms. The Morgan fingerprint density at radius 3 is 2.46 bits per heavy atom. The van der Waals surface area contributed by atoms with E-state index in [4.69, 9.17) is 11.6 Å². The van der Waals surface area contributed by atoms with Crippen LogP contribution in [0.15, 0.2) is 24.3 Å². The molecule has 3 amide bonds. The maximum absolute atomic E-state index is 12.1. The predicted molar refractivity (Wildman–Crippen MR) is 89.6 cm³/mol. The Labute approximate surface area is 145 Å². The third-order valence-electron chi connectivity index (χ3n) is 4.33. The lowest BCUT2D eigenvalue weighted by Gasteiger charge is -2.15. The molecule has 0 radical (unpaired) electrons. The lowest BCUT2D eigenvalue weighted by atomic mass is 10.1. The van der Waals surface area contributed by atoms with E-state index in [0.717, 1.165) is 12.8 Å². The number of hydrogen-bond donors (Lipinski definition) is 2. The summed E-state index contributed by atoms with van der Waals surface area (Å²) in [7, 11) is 0. The second kappa shape index (κ2) is 7.21. The normalized spacial score (nSPS) is 20.1. The Morgan fingerprint density at radius 2 is 1.79 bits per heavy atom. The zero-order valence-electron chi connectivity index (χ0n) is 13.3. The van der Waals surface area contributed by atoms with Crippen LogP contribution in [0.2, 0.25) is 5.02 Å². The highest BCUT2D eigenvalue weighted by molar-refractivity contribution is 6.30. The average molecular weight is 350 g/mol. The summed E-state index contributed by atoms with van der Waals surface area (Å²) in [6, 6.07) is 6.95. The number of nitrogens with zero attached hydrogens (tertiary/aromatic N) is 1. The molecule has 0 unspecified atom stereocenters. The molecule has 1 saturated carbocycles. The van der Waals surface area contributed by atoms with Crippen LogP contribution in [0, 0.1) is 5.92 Å². The molecular formula is C17H20ClN3O3. The first-order chi connectivity index (χ1) is 11.5. The highest BCUT2D eigenvalue weighted by Gasteiger charge is 2.41. The number of carbonyl (C=O) groups excluding carboxylic acids is 3. The molecule has 2 aliphatic rings. The average Bonchev–Trinajstić information content (AvgIpc) is 3.34. The summed E-state index contributed by atoms with van der Waals surface area (Å²) in [5, 5.41) is 6.10. The highest BCUT2D eigenvalue weighted by atomic mass is 35.5. The van der Waals surface area contributed by atoms with Crippen molar-refractivity contribution in [3.8, 4) is 0 Å². The first kappa shape index (κ1) is 16.8. The van der Waals surface area contributed by atoms with Crippen LogP contribution in [0.25, 0.3) is 0 Å². The van der Waals surface area contributed by atoms with Gasteiger partial charge in [0, 0.05) is 42.7 Å². The molecule has 1 aliphatic carbocycles. The van der Waals surface area contributed by atoms with Crippen molar-refractivity contribution in [2.45, 2.75) is 25.3 Å². The molecule has 0 bridgehead atoms. The SMILES string of the molecule is O=C(NCCNC(=O)[C@@H]1CC(=O)N(C2CC2)C1)c1ccc(Cl)cc1. The van der Waals surface area contributed by atoms with E-state index in [1.165, 1.54) is 0 Å². The number of carbonyl (C=O) groups is 3. The monoisotopic (exact) mass is 349 g/mol. The van der Waals surface area contributed by atoms with Gasteiger partial charge in [0.2, 0.25) is 11.8 Å². The van der Waals surface area contributed by atoms with Crippen LogP contribution in [0.5, 0.6) is 0 Å². The number of halogens is 1. The van der Waals surface area contributed by atoms with Crippen molar-refractivity contribution in [1.29, 1.82) is 0 Å². The molecule has 1 aromatic rings. The van der Waals surface area contributed by atoms with E-state index in [2.05, 4.69) is 10.6 Å². The zero-order valence-corrected chi connectivity index (χ0v) is 14.0. The predicted octanol–water partition coefficient (Wildman–Crippen LogP) is 1.20. The Kier molecular flexibility index (Phi) is 5.04. The van der Waals surface area contributed by atoms with Crippen molar-refractivity contribution in [3.05, 3.63) is 34.9 Å². The molecule has 2 N–H and O–H groups in total. The lowest BCUT2D eigenvalue weighted by Crippen LogP contribution is -2.38. The minimum absolute atomic E-state index is 0.0775. The fourth-order valence-corrected chi connectivity index (χ4v) is 2.98. The van der Waals surface area contributed by atoms with Crippen molar-refractivity contribution in [2.24, 2.45) is 5.92 Å². The third-order valence-corrected chi connectivity index (χ3v) is 4.59. The minimum Gasteiger partial charge on any atom is -0.354 e. The van der Waals surface area contributed by atoms with Gasteiger partial charge in [-0.1, -0.05) is 11.6 Å². The summed E-state index contributed by atoms with van der Waals surface area (Å²) < 4.78 is 0. The van der Waals surface area contributed by atoms with Crippen LogP contribution in [0.3, 0.4) is 0 Å². The molecule has 1 aromatic carbocycles. The van der Waals surface area contributed by atoms with Gasteiger partial charge in [0.25, 0.3) is 5.91 Å². The molecule has 3 rings (SSSR count). The maximum atomic E-state index is 12.1. The largest absolute Gasteiger partial charge is 0.354 e. The second-order valence-electron chi connectivity index (χ2n) is 6.23. The summed E-state index contributed by atoms with van der Waals surface area (Å²) in [5.74, 6) is -0.525. The first-order valence-electron chi connectivity index (χ1n) is 8.15. The maximum Gasteiger partial charge on any atom is 0.251 e. The molecule has 2 fully saturated rings. The molecule has 1 aliphatic heterocycles. The summed E-state index contributed by atoms with van der Waals surface area (Å²) in [6.45, 7) is 1.19. The molecule has 1 heterocycles. The smallest absolute Gasteiger partial charge is 0.251 e. The van der Waals surface area contributed by atoms with Gasteiger partial charge >= 0.3 is 0 Å². The molecule has 7 heteroatoms. The lowest BCUT2D eigenvalue weighted by molar-refractivity contribution is -0.129. The molecule has 0 aromatic heterocycles. The molecule has 1 saturated heterocycles. The standard InChI is InChI=1S/C17H20ClN3O3/c18-13-3-1-11(2-4-13)16(23)19-7-8-20-17(24)12-9-15(22)21(10-12)14-5-6-14/h1-4,12,14H,5-10H2,(H,19,23)(H,20,24)/t12-/m1/s1. The number of hydrogen-bond acceptors (Lipinski definition) is 3. The van der Waals surface area contributed by atoms with E-state index in [-0.39, 0.29) is 23.6 Å². The topological polar surface area (TPSA) is 78.5 Å². The van der Waals surface area contributed by atoms with E-state index < -0.39 is 0 Å². The number of amides is 3. The molecular weight excluding hydrogens is 330 g/mol. The fourth-order valence-electron chi connectivity index (χ4n) is 2.86. The summed E-state index contributed by atoms with van der Waals surface area (Å²) >= 11 is 5.78. The van der Waals surface area contributed by atoms with Crippen LogP contribution < -0.4 is 10.6 Å². The van der Waals surface area contributed by atoms with Crippen LogP contribution >= 0.6 is 11.6 Å². The molecule has 0 spiro atoms. The quantitative estimate of drug-likeness (QED) is 0.757. The first-order valence-corrected chi connectivity index (χ1v) is 8.53. The van der Waals surface area contributed by atoms with E-state index in [1.807, 2.05) is 4.90 Å². The zero-order chi connectivity index (χ0) is 17.1. The van der Waals surface area contributed by atoms with E-state index in [9.17, 15) is 14.4 Å². The van der Waals surface area contributed by atoms with Gasteiger partial charge in [0.1, 0.15) is 0 Å². The Bertz CT molecular complexity index is 643. The Hall–Kier alpha value is -2.08. The summed E-state index contributed by atoms with van der Waals surface area (Å²) in [4.78, 5) is 37.7. The summed E-state index contributed by atoms with van der Waals surface area (Å²) in [5.41, 5.74) is 0.521. The van der Waals surface area contributed by atoms with Gasteiger partial charge in [0.05, 0.1) is 5.92 Å². The van der Waals surface area contributed by atoms with Crippen LogP contribution in [-0.2, 0) is 9.59 Å². The van der Waals surface area contributed by atoms with Gasteiger partial charge in [0.15, 0.2) is 0 Å². The Morgan fingerprint density at radius 1 is 1.12 bits per heavy atom. The van der Waals surface area contributed by atoms with Gasteiger partial charge in [-0.2, -0.15) is 0 Å². The van der Waals surface area contributed by atoms with E-state index >= 15 is 0 Å². The van der Waals surface area contributed by atoms with Gasteiger partial charge in [-0.05, 0) is 37.1 Å². The minimum atomic E-state index is -0.273. The van der Waals surface area contributed by atoms with Crippen LogP contribution in [0.4, 0.5) is 0 Å². The van der Waals surface area contributed by atoms with E-state index in [1.54, 1.807) is 24.3 Å². The number of rotatable bonds is 6. The van der Waals surface area contributed by atoms with Crippen LogP contribution in [-0.4, -0.2) is 48.3 Å².